The molecular weight excluding hydrogens is 458 g/mol. The van der Waals surface area contributed by atoms with E-state index in [0.29, 0.717) is 18.1 Å². The number of rotatable bonds is 10. The molecule has 0 saturated heterocycles. The maximum absolute atomic E-state index is 12.3. The van der Waals surface area contributed by atoms with Crippen molar-refractivity contribution in [2.24, 2.45) is 0 Å². The van der Waals surface area contributed by atoms with Gasteiger partial charge in [-0.15, -0.1) is 11.8 Å². The molecule has 1 heterocycles. The molecule has 0 spiro atoms. The minimum Gasteiger partial charge on any atom is -0.493 e. The van der Waals surface area contributed by atoms with Crippen LogP contribution < -0.4 is 9.47 Å². The number of thioether (sulfide) groups is 1. The van der Waals surface area contributed by atoms with Crippen LogP contribution in [0.15, 0.2) is 41.3 Å². The fourth-order valence-corrected chi connectivity index (χ4v) is 5.65. The zero-order valence-corrected chi connectivity index (χ0v) is 19.7. The van der Waals surface area contributed by atoms with Crippen LogP contribution in [0.3, 0.4) is 0 Å². The van der Waals surface area contributed by atoms with Gasteiger partial charge in [0.15, 0.2) is 11.5 Å². The first kappa shape index (κ1) is 24.3. The largest absolute Gasteiger partial charge is 0.493 e. The van der Waals surface area contributed by atoms with E-state index in [-0.39, 0.29) is 28.5 Å². The summed E-state index contributed by atoms with van der Waals surface area (Å²) in [6, 6.07) is 8.49. The number of ether oxygens (including phenoxy) is 3. The van der Waals surface area contributed by atoms with Crippen LogP contribution in [0.25, 0.3) is 0 Å². The summed E-state index contributed by atoms with van der Waals surface area (Å²) in [4.78, 5) is 9.96. The molecule has 1 aliphatic heterocycles. The molecule has 11 heteroatoms. The summed E-state index contributed by atoms with van der Waals surface area (Å²) < 4.78 is 45.8. The predicted molar refractivity (Wildman–Crippen MR) is 120 cm³/mol. The van der Waals surface area contributed by atoms with Gasteiger partial charge in [-0.1, -0.05) is 0 Å². The van der Waals surface area contributed by atoms with Gasteiger partial charge in [-0.25, -0.2) is 0 Å². The number of nitro groups is 1. The van der Waals surface area contributed by atoms with Crippen molar-refractivity contribution in [1.29, 1.82) is 0 Å². The van der Waals surface area contributed by atoms with Crippen molar-refractivity contribution in [3.8, 4) is 11.5 Å². The monoisotopic (exact) mass is 483 g/mol. The van der Waals surface area contributed by atoms with Gasteiger partial charge in [0.05, 0.1) is 48.6 Å². The van der Waals surface area contributed by atoms with E-state index in [2.05, 4.69) is 6.92 Å². The Morgan fingerprint density at radius 1 is 1.09 bits per heavy atom. The van der Waals surface area contributed by atoms with Gasteiger partial charge in [-0.05, 0) is 54.5 Å². The molecule has 9 nitrogen and oxygen atoms in total. The average molecular weight is 484 g/mol. The van der Waals surface area contributed by atoms with E-state index in [9.17, 15) is 18.5 Å². The molecule has 0 N–H and O–H groups in total. The van der Waals surface area contributed by atoms with E-state index in [1.165, 1.54) is 5.56 Å². The summed E-state index contributed by atoms with van der Waals surface area (Å²) in [5.74, 6) is 2.26. The Bertz CT molecular complexity index is 1070. The van der Waals surface area contributed by atoms with Gasteiger partial charge < -0.3 is 14.2 Å². The van der Waals surface area contributed by atoms with Crippen LogP contribution in [0.5, 0.6) is 11.5 Å². The number of nitro benzene ring substituents is 1. The van der Waals surface area contributed by atoms with Crippen molar-refractivity contribution in [3.63, 3.8) is 0 Å². The molecule has 1 unspecified atom stereocenters. The van der Waals surface area contributed by atoms with Gasteiger partial charge in [0, 0.05) is 12.1 Å². The van der Waals surface area contributed by atoms with Gasteiger partial charge in [-0.3, -0.25) is 14.3 Å². The minimum absolute atomic E-state index is 0.0744. The number of nitrogens with zero attached hydrogens (tertiary/aromatic N) is 1. The lowest BCUT2D eigenvalue weighted by Crippen LogP contribution is -2.31. The van der Waals surface area contributed by atoms with Crippen molar-refractivity contribution in [2.75, 3.05) is 39.8 Å². The molecule has 2 aromatic rings. The molecular formula is C21H25NO8S2. The molecule has 32 heavy (non-hydrogen) atoms. The molecule has 2 aromatic carbocycles. The highest BCUT2D eigenvalue weighted by Gasteiger charge is 2.34. The number of fused-ring (bicyclic) bond motifs is 1. The van der Waals surface area contributed by atoms with Crippen molar-refractivity contribution in [1.82, 2.24) is 0 Å². The van der Waals surface area contributed by atoms with Gasteiger partial charge in [0.25, 0.3) is 15.8 Å². The van der Waals surface area contributed by atoms with Crippen LogP contribution in [0.2, 0.25) is 0 Å². The van der Waals surface area contributed by atoms with E-state index in [0.717, 1.165) is 42.0 Å². The predicted octanol–water partition coefficient (Wildman–Crippen LogP) is 3.54. The highest BCUT2D eigenvalue weighted by molar-refractivity contribution is 8.00. The number of benzene rings is 2. The molecule has 0 fully saturated rings. The Kier molecular flexibility index (Phi) is 7.65. The van der Waals surface area contributed by atoms with Crippen molar-refractivity contribution < 1.29 is 31.7 Å². The van der Waals surface area contributed by atoms with Gasteiger partial charge in [0.2, 0.25) is 0 Å². The summed E-state index contributed by atoms with van der Waals surface area (Å²) in [7, 11) is -0.827. The van der Waals surface area contributed by atoms with Crippen LogP contribution in [0, 0.1) is 10.1 Å². The Balaban J connectivity index is 1.58. The zero-order chi connectivity index (χ0) is 23.4. The lowest BCUT2D eigenvalue weighted by Gasteiger charge is -2.35. The fourth-order valence-electron chi connectivity index (χ4n) is 3.48. The van der Waals surface area contributed by atoms with E-state index in [4.69, 9.17) is 18.4 Å². The smallest absolute Gasteiger partial charge is 0.297 e. The maximum Gasteiger partial charge on any atom is 0.297 e. The molecule has 1 atom stereocenters. The Labute approximate surface area is 191 Å². The van der Waals surface area contributed by atoms with Crippen LogP contribution in [0.1, 0.15) is 18.1 Å². The Morgan fingerprint density at radius 2 is 1.75 bits per heavy atom. The molecule has 0 aliphatic carbocycles. The van der Waals surface area contributed by atoms with Gasteiger partial charge >= 0.3 is 0 Å². The Hall–Kier alpha value is -2.34. The van der Waals surface area contributed by atoms with Crippen LogP contribution in [0.4, 0.5) is 5.69 Å². The van der Waals surface area contributed by atoms with Crippen LogP contribution in [-0.4, -0.2) is 53.1 Å². The van der Waals surface area contributed by atoms with E-state index in [1.807, 2.05) is 12.1 Å². The summed E-state index contributed by atoms with van der Waals surface area (Å²) in [5.41, 5.74) is 2.08. The number of methoxy groups -OCH3 is 2. The van der Waals surface area contributed by atoms with E-state index < -0.39 is 15.0 Å². The number of aryl methyl sites for hydroxylation is 1. The highest BCUT2D eigenvalue weighted by Crippen LogP contribution is 2.46. The zero-order valence-electron chi connectivity index (χ0n) is 18.0. The third kappa shape index (κ3) is 5.34. The lowest BCUT2D eigenvalue weighted by molar-refractivity contribution is -0.384. The van der Waals surface area contributed by atoms with Crippen molar-refractivity contribution >= 4 is 27.6 Å². The molecule has 174 valence electrons. The van der Waals surface area contributed by atoms with Crippen molar-refractivity contribution in [2.45, 2.75) is 23.0 Å². The Morgan fingerprint density at radius 3 is 2.38 bits per heavy atom. The number of hydrogen-bond acceptors (Lipinski definition) is 9. The first-order chi connectivity index (χ1) is 15.2. The highest BCUT2D eigenvalue weighted by atomic mass is 32.2. The second-order valence-corrected chi connectivity index (χ2v) is 10.5. The second kappa shape index (κ2) is 10.1. The van der Waals surface area contributed by atoms with Crippen LogP contribution in [-0.2, 0) is 30.2 Å². The van der Waals surface area contributed by atoms with Crippen molar-refractivity contribution in [3.05, 3.63) is 57.6 Å². The SMILES string of the molecule is COc1cc2c(cc1OC)C(C)(COCCOS(=O)(=O)c1ccc([N+](=O)[O-])cc1)SCC2. The third-order valence-electron chi connectivity index (χ3n) is 5.15. The molecule has 3 rings (SSSR count). The normalized spacial score (nSPS) is 18.1. The standard InChI is InChI=1S/C21H25NO8S2/c1-21(18-13-20(28-3)19(27-2)12-15(18)8-11-31-21)14-29-9-10-30-32(25,26)17-6-4-16(5-7-17)22(23)24/h4-7,12-13H,8-11,14H2,1-3H3. The first-order valence-electron chi connectivity index (χ1n) is 9.81. The second-order valence-electron chi connectivity index (χ2n) is 7.27. The van der Waals surface area contributed by atoms with Gasteiger partial charge in [-0.2, -0.15) is 8.42 Å². The lowest BCUT2D eigenvalue weighted by atomic mass is 9.92. The quantitative estimate of drug-likeness (QED) is 0.217. The number of hydrogen-bond donors (Lipinski definition) is 0. The molecule has 0 saturated carbocycles. The molecule has 0 aromatic heterocycles. The summed E-state index contributed by atoms with van der Waals surface area (Å²) in [6.45, 7) is 2.35. The summed E-state index contributed by atoms with van der Waals surface area (Å²) in [6.07, 6.45) is 0.909. The fraction of sp³-hybridized carbons (Fsp3) is 0.429. The first-order valence-corrected chi connectivity index (χ1v) is 12.2. The average Bonchev–Trinajstić information content (AvgIpc) is 2.78. The van der Waals surface area contributed by atoms with E-state index >= 15 is 0 Å². The number of non-ortho nitro benzene ring substituents is 1. The molecule has 0 bridgehead atoms. The van der Waals surface area contributed by atoms with E-state index in [1.54, 1.807) is 26.0 Å². The van der Waals surface area contributed by atoms with Gasteiger partial charge in [0.1, 0.15) is 0 Å². The topological polar surface area (TPSA) is 114 Å². The summed E-state index contributed by atoms with van der Waals surface area (Å²) >= 11 is 1.77. The van der Waals surface area contributed by atoms with Crippen LogP contribution >= 0.6 is 11.8 Å². The maximum atomic E-state index is 12.3. The molecule has 0 radical (unpaired) electrons. The summed E-state index contributed by atoms with van der Waals surface area (Å²) in [5, 5.41) is 10.7. The molecule has 0 amide bonds. The minimum atomic E-state index is -4.03. The third-order valence-corrected chi connectivity index (χ3v) is 7.86. The molecule has 1 aliphatic rings.